The molecule has 0 bridgehead atoms. The maximum absolute atomic E-state index is 13.2. The number of sulfonamides is 1. The molecule has 0 unspecified atom stereocenters. The van der Waals surface area contributed by atoms with E-state index < -0.39 is 22.0 Å². The molecule has 0 aliphatic rings. The predicted molar refractivity (Wildman–Crippen MR) is 113 cm³/mol. The number of methoxy groups -OCH3 is 1. The Morgan fingerprint density at radius 3 is 2.03 bits per heavy atom. The van der Waals surface area contributed by atoms with Gasteiger partial charge in [-0.3, -0.25) is 9.63 Å². The second kappa shape index (κ2) is 10.5. The van der Waals surface area contributed by atoms with Crippen molar-refractivity contribution in [2.24, 2.45) is 11.7 Å². The van der Waals surface area contributed by atoms with Crippen LogP contribution in [0, 0.1) is 5.92 Å². The number of carbonyl (C=O) groups is 1. The van der Waals surface area contributed by atoms with E-state index in [9.17, 15) is 18.3 Å². The van der Waals surface area contributed by atoms with E-state index in [1.54, 1.807) is 19.2 Å². The SMILES string of the molecule is COc1ccc(-c2ccc(S(=O)(=O)N(OCC(C)C)[C@H](CCN)C(=O)O)cc2)cc1. The Balaban J connectivity index is 2.37. The van der Waals surface area contributed by atoms with Crippen LogP contribution in [-0.2, 0) is 19.7 Å². The number of aliphatic carboxylic acids is 1. The van der Waals surface area contributed by atoms with Crippen molar-refractivity contribution in [1.29, 1.82) is 0 Å². The zero-order valence-corrected chi connectivity index (χ0v) is 18.1. The highest BCUT2D eigenvalue weighted by atomic mass is 32.2. The summed E-state index contributed by atoms with van der Waals surface area (Å²) in [6, 6.07) is 12.1. The van der Waals surface area contributed by atoms with Crippen molar-refractivity contribution in [3.8, 4) is 16.9 Å². The number of benzene rings is 2. The van der Waals surface area contributed by atoms with Crippen molar-refractivity contribution in [3.63, 3.8) is 0 Å². The molecule has 0 amide bonds. The van der Waals surface area contributed by atoms with E-state index in [0.29, 0.717) is 4.47 Å². The summed E-state index contributed by atoms with van der Waals surface area (Å²) in [5, 5.41) is 9.53. The van der Waals surface area contributed by atoms with Gasteiger partial charge in [0.2, 0.25) is 0 Å². The zero-order chi connectivity index (χ0) is 22.3. The quantitative estimate of drug-likeness (QED) is 0.520. The summed E-state index contributed by atoms with van der Waals surface area (Å²) in [5.41, 5.74) is 7.20. The maximum Gasteiger partial charge on any atom is 0.324 e. The first-order chi connectivity index (χ1) is 14.2. The van der Waals surface area contributed by atoms with Crippen LogP contribution in [0.2, 0.25) is 0 Å². The Kier molecular flexibility index (Phi) is 8.36. The lowest BCUT2D eigenvalue weighted by Crippen LogP contribution is -2.46. The fourth-order valence-electron chi connectivity index (χ4n) is 2.73. The van der Waals surface area contributed by atoms with E-state index in [4.69, 9.17) is 15.3 Å². The van der Waals surface area contributed by atoms with E-state index in [1.807, 2.05) is 38.1 Å². The molecular weight excluding hydrogens is 408 g/mol. The number of ether oxygens (including phenoxy) is 1. The second-order valence-electron chi connectivity index (χ2n) is 7.13. The molecule has 8 nitrogen and oxygen atoms in total. The van der Waals surface area contributed by atoms with Gasteiger partial charge in [0.25, 0.3) is 10.0 Å². The highest BCUT2D eigenvalue weighted by Gasteiger charge is 2.37. The van der Waals surface area contributed by atoms with Crippen LogP contribution in [0.4, 0.5) is 0 Å². The first-order valence-corrected chi connectivity index (χ1v) is 11.0. The van der Waals surface area contributed by atoms with Crippen LogP contribution >= 0.6 is 0 Å². The van der Waals surface area contributed by atoms with Crippen LogP contribution in [0.5, 0.6) is 5.75 Å². The molecule has 1 atom stereocenters. The smallest absolute Gasteiger partial charge is 0.324 e. The lowest BCUT2D eigenvalue weighted by atomic mass is 10.1. The van der Waals surface area contributed by atoms with Crippen LogP contribution in [0.15, 0.2) is 53.4 Å². The van der Waals surface area contributed by atoms with Crippen LogP contribution in [0.3, 0.4) is 0 Å². The highest BCUT2D eigenvalue weighted by Crippen LogP contribution is 2.26. The Hall–Kier alpha value is -2.46. The molecule has 0 aromatic heterocycles. The average molecular weight is 437 g/mol. The first kappa shape index (κ1) is 23.8. The Bertz CT molecular complexity index is 927. The Morgan fingerprint density at radius 2 is 1.60 bits per heavy atom. The summed E-state index contributed by atoms with van der Waals surface area (Å²) in [6.07, 6.45) is -0.0728. The van der Waals surface area contributed by atoms with E-state index >= 15 is 0 Å². The van der Waals surface area contributed by atoms with Gasteiger partial charge in [0.05, 0.1) is 18.6 Å². The minimum absolute atomic E-state index is 0.00440. The summed E-state index contributed by atoms with van der Waals surface area (Å²) < 4.78 is 32.1. The van der Waals surface area contributed by atoms with Gasteiger partial charge in [0.15, 0.2) is 6.04 Å². The molecule has 0 aliphatic heterocycles. The number of nitrogens with zero attached hydrogens (tertiary/aromatic N) is 1. The number of hydroxylamine groups is 1. The third kappa shape index (κ3) is 5.79. The van der Waals surface area contributed by atoms with Gasteiger partial charge in [-0.25, -0.2) is 8.42 Å². The molecule has 0 aliphatic carbocycles. The molecule has 0 radical (unpaired) electrons. The van der Waals surface area contributed by atoms with Crippen LogP contribution in [0.25, 0.3) is 11.1 Å². The zero-order valence-electron chi connectivity index (χ0n) is 17.3. The van der Waals surface area contributed by atoms with Crippen LogP contribution < -0.4 is 10.5 Å². The van der Waals surface area contributed by atoms with Gasteiger partial charge in [-0.15, -0.1) is 0 Å². The van der Waals surface area contributed by atoms with Crippen LogP contribution in [-0.4, -0.2) is 50.3 Å². The Labute approximate surface area is 177 Å². The molecule has 0 saturated carbocycles. The molecule has 0 heterocycles. The molecule has 2 aromatic rings. The number of rotatable bonds is 11. The summed E-state index contributed by atoms with van der Waals surface area (Å²) in [4.78, 5) is 17.1. The summed E-state index contributed by atoms with van der Waals surface area (Å²) in [5.74, 6) is -0.592. The summed E-state index contributed by atoms with van der Waals surface area (Å²) in [7, 11) is -2.64. The Morgan fingerprint density at radius 1 is 1.07 bits per heavy atom. The lowest BCUT2D eigenvalue weighted by Gasteiger charge is -2.27. The van der Waals surface area contributed by atoms with Gasteiger partial charge in [-0.2, -0.15) is 0 Å². The monoisotopic (exact) mass is 436 g/mol. The topological polar surface area (TPSA) is 119 Å². The first-order valence-electron chi connectivity index (χ1n) is 9.55. The number of hydrogen-bond donors (Lipinski definition) is 2. The van der Waals surface area contributed by atoms with Gasteiger partial charge < -0.3 is 15.6 Å². The fourth-order valence-corrected chi connectivity index (χ4v) is 4.15. The molecule has 0 spiro atoms. The highest BCUT2D eigenvalue weighted by molar-refractivity contribution is 7.89. The normalized spacial score (nSPS) is 12.9. The fraction of sp³-hybridized carbons (Fsp3) is 0.381. The number of carboxylic acids is 1. The number of hydrogen-bond acceptors (Lipinski definition) is 6. The van der Waals surface area contributed by atoms with Crippen molar-refractivity contribution in [3.05, 3.63) is 48.5 Å². The third-order valence-corrected chi connectivity index (χ3v) is 6.03. The van der Waals surface area contributed by atoms with E-state index in [1.165, 1.54) is 12.1 Å². The molecule has 0 saturated heterocycles. The van der Waals surface area contributed by atoms with Crippen molar-refractivity contribution in [2.75, 3.05) is 20.3 Å². The summed E-state index contributed by atoms with van der Waals surface area (Å²) in [6.45, 7) is 3.74. The van der Waals surface area contributed by atoms with Gasteiger partial charge in [0.1, 0.15) is 5.75 Å². The standard InChI is InChI=1S/C21H28N2O6S/c1-15(2)14-29-23(20(12-13-22)21(24)25)30(26,27)19-10-6-17(7-11-19)16-4-8-18(28-3)9-5-16/h4-11,15,20H,12-14,22H2,1-3H3,(H,24,25)/t20-/m1/s1. The molecule has 2 rings (SSSR count). The van der Waals surface area contributed by atoms with Gasteiger partial charge in [-0.05, 0) is 54.3 Å². The van der Waals surface area contributed by atoms with Crippen molar-refractivity contribution < 1.29 is 27.9 Å². The minimum atomic E-state index is -4.22. The number of nitrogens with two attached hydrogens (primary N) is 1. The summed E-state index contributed by atoms with van der Waals surface area (Å²) >= 11 is 0. The molecular formula is C21H28N2O6S. The molecule has 30 heavy (non-hydrogen) atoms. The van der Waals surface area contributed by atoms with E-state index in [0.717, 1.165) is 16.9 Å². The molecule has 2 aromatic carbocycles. The van der Waals surface area contributed by atoms with E-state index in [2.05, 4.69) is 0 Å². The predicted octanol–water partition coefficient (Wildman–Crippen LogP) is 2.74. The third-order valence-electron chi connectivity index (χ3n) is 4.33. The van der Waals surface area contributed by atoms with Gasteiger partial charge in [0, 0.05) is 0 Å². The van der Waals surface area contributed by atoms with Crippen molar-refractivity contribution in [2.45, 2.75) is 31.2 Å². The van der Waals surface area contributed by atoms with Crippen LogP contribution in [0.1, 0.15) is 20.3 Å². The van der Waals surface area contributed by atoms with Crippen molar-refractivity contribution >= 4 is 16.0 Å². The number of carboxylic acid groups (broad SMARTS) is 1. The molecule has 164 valence electrons. The van der Waals surface area contributed by atoms with Crippen molar-refractivity contribution in [1.82, 2.24) is 4.47 Å². The molecule has 9 heteroatoms. The van der Waals surface area contributed by atoms with E-state index in [-0.39, 0.29) is 30.4 Å². The molecule has 0 fully saturated rings. The average Bonchev–Trinajstić information content (AvgIpc) is 2.72. The second-order valence-corrected chi connectivity index (χ2v) is 8.92. The largest absolute Gasteiger partial charge is 0.497 e. The minimum Gasteiger partial charge on any atom is -0.497 e. The molecule has 3 N–H and O–H groups in total. The maximum atomic E-state index is 13.2. The van der Waals surface area contributed by atoms with Gasteiger partial charge >= 0.3 is 5.97 Å². The van der Waals surface area contributed by atoms with Gasteiger partial charge in [-0.1, -0.05) is 42.6 Å². The lowest BCUT2D eigenvalue weighted by molar-refractivity contribution is -0.165.